The molecule has 0 aliphatic heterocycles. The second-order valence-electron chi connectivity index (χ2n) is 4.27. The predicted molar refractivity (Wildman–Crippen MR) is 76.3 cm³/mol. The monoisotopic (exact) mass is 310 g/mol. The number of hydrogen-bond donors (Lipinski definition) is 3. The number of nitrogens with one attached hydrogen (secondary N) is 2. The average Bonchev–Trinajstić information content (AvgIpc) is 2.87. The molecule has 112 valence electrons. The molecule has 2 aromatic rings. The lowest BCUT2D eigenvalue weighted by Gasteiger charge is -2.10. The molecule has 0 saturated carbocycles. The predicted octanol–water partition coefficient (Wildman–Crippen LogP) is 0.888. The summed E-state index contributed by atoms with van der Waals surface area (Å²) in [7, 11) is -2.57. The topological polar surface area (TPSA) is 127 Å². The first-order valence-corrected chi connectivity index (χ1v) is 7.34. The lowest BCUT2D eigenvalue weighted by atomic mass is 10.1. The Morgan fingerprint density at radius 1 is 1.43 bits per heavy atom. The molecular formula is C12H14N4O4S. The minimum absolute atomic E-state index is 0.0497. The highest BCUT2D eigenvalue weighted by Gasteiger charge is 2.20. The number of sulfonamides is 1. The maximum Gasteiger partial charge on any atom is 0.337 e. The third kappa shape index (κ3) is 2.97. The van der Waals surface area contributed by atoms with Crippen LogP contribution in [-0.2, 0) is 14.8 Å². The Bertz CT molecular complexity index is 782. The zero-order chi connectivity index (χ0) is 15.6. The van der Waals surface area contributed by atoms with Gasteiger partial charge in [0.2, 0.25) is 0 Å². The van der Waals surface area contributed by atoms with Crippen LogP contribution in [0.4, 0.5) is 11.5 Å². The van der Waals surface area contributed by atoms with Gasteiger partial charge in [0.1, 0.15) is 10.7 Å². The van der Waals surface area contributed by atoms with Crippen molar-refractivity contribution in [2.45, 2.75) is 11.8 Å². The molecule has 0 bridgehead atoms. The molecule has 0 aliphatic carbocycles. The van der Waals surface area contributed by atoms with Crippen LogP contribution in [-0.4, -0.2) is 31.7 Å². The van der Waals surface area contributed by atoms with Crippen molar-refractivity contribution in [2.75, 3.05) is 17.6 Å². The molecule has 0 saturated heterocycles. The van der Waals surface area contributed by atoms with Gasteiger partial charge in [0, 0.05) is 0 Å². The van der Waals surface area contributed by atoms with Gasteiger partial charge in [-0.25, -0.2) is 13.2 Å². The van der Waals surface area contributed by atoms with Crippen LogP contribution in [0.1, 0.15) is 15.9 Å². The lowest BCUT2D eigenvalue weighted by molar-refractivity contribution is 0.0600. The molecule has 1 aromatic carbocycles. The molecule has 0 fully saturated rings. The average molecular weight is 310 g/mol. The Morgan fingerprint density at radius 3 is 2.67 bits per heavy atom. The van der Waals surface area contributed by atoms with Crippen LogP contribution in [0.15, 0.2) is 29.3 Å². The van der Waals surface area contributed by atoms with Crippen LogP contribution in [0, 0.1) is 6.92 Å². The number of aryl methyl sites for hydroxylation is 1. The summed E-state index contributed by atoms with van der Waals surface area (Å²) in [6.07, 6.45) is 1.12. The zero-order valence-corrected chi connectivity index (χ0v) is 12.2. The number of anilines is 2. The number of ether oxygens (including phenoxy) is 1. The van der Waals surface area contributed by atoms with Crippen molar-refractivity contribution in [3.8, 4) is 0 Å². The normalized spacial score (nSPS) is 11.1. The van der Waals surface area contributed by atoms with Crippen molar-refractivity contribution in [3.05, 3.63) is 35.5 Å². The van der Waals surface area contributed by atoms with E-state index in [-0.39, 0.29) is 10.7 Å². The van der Waals surface area contributed by atoms with Gasteiger partial charge in [-0.05, 0) is 30.7 Å². The molecule has 1 aromatic heterocycles. The number of esters is 1. The molecule has 0 unspecified atom stereocenters. The highest BCUT2D eigenvalue weighted by atomic mass is 32.2. The Balaban J connectivity index is 2.32. The standard InChI is InChI=1S/C12H14N4O4S/c1-7-5-8(12(17)20-2)3-4-9(7)16-21(18,19)10-6-14-15-11(10)13/h3-6,16H,1-2H3,(H3,13,14,15). The van der Waals surface area contributed by atoms with Crippen LogP contribution in [0.5, 0.6) is 0 Å². The first-order chi connectivity index (χ1) is 9.85. The van der Waals surface area contributed by atoms with Crippen LogP contribution >= 0.6 is 0 Å². The van der Waals surface area contributed by atoms with Crippen molar-refractivity contribution >= 4 is 27.5 Å². The minimum atomic E-state index is -3.85. The van der Waals surface area contributed by atoms with Crippen molar-refractivity contribution in [1.82, 2.24) is 10.2 Å². The number of rotatable bonds is 4. The number of benzene rings is 1. The van der Waals surface area contributed by atoms with Crippen molar-refractivity contribution in [3.63, 3.8) is 0 Å². The lowest BCUT2D eigenvalue weighted by Crippen LogP contribution is -2.15. The number of carbonyl (C=O) groups is 1. The Labute approximate surface area is 121 Å². The Morgan fingerprint density at radius 2 is 2.14 bits per heavy atom. The summed E-state index contributed by atoms with van der Waals surface area (Å²) in [5, 5.41) is 5.92. The van der Waals surface area contributed by atoms with Gasteiger partial charge in [-0.2, -0.15) is 5.10 Å². The Hall–Kier alpha value is -2.55. The van der Waals surface area contributed by atoms with Gasteiger partial charge >= 0.3 is 5.97 Å². The fourth-order valence-corrected chi connectivity index (χ4v) is 2.88. The SMILES string of the molecule is COC(=O)c1ccc(NS(=O)(=O)c2cn[nH]c2N)c(C)c1. The largest absolute Gasteiger partial charge is 0.465 e. The van der Waals surface area contributed by atoms with Gasteiger partial charge in [0.25, 0.3) is 10.0 Å². The van der Waals surface area contributed by atoms with E-state index in [0.717, 1.165) is 6.20 Å². The van der Waals surface area contributed by atoms with E-state index in [1.54, 1.807) is 6.92 Å². The first kappa shape index (κ1) is 14.9. The maximum absolute atomic E-state index is 12.2. The summed E-state index contributed by atoms with van der Waals surface area (Å²) in [6, 6.07) is 4.48. The van der Waals surface area contributed by atoms with E-state index in [1.807, 2.05) is 0 Å². The minimum Gasteiger partial charge on any atom is -0.465 e. The van der Waals surface area contributed by atoms with Gasteiger partial charge in [-0.3, -0.25) is 9.82 Å². The van der Waals surface area contributed by atoms with Crippen LogP contribution < -0.4 is 10.5 Å². The molecule has 0 aliphatic rings. The molecule has 0 amide bonds. The summed E-state index contributed by atoms with van der Waals surface area (Å²) >= 11 is 0. The van der Waals surface area contributed by atoms with Gasteiger partial charge in [0.15, 0.2) is 0 Å². The summed E-state index contributed by atoms with van der Waals surface area (Å²) < 4.78 is 31.3. The number of aromatic nitrogens is 2. The fraction of sp³-hybridized carbons (Fsp3) is 0.167. The maximum atomic E-state index is 12.2. The third-order valence-corrected chi connectivity index (χ3v) is 4.21. The highest BCUT2D eigenvalue weighted by molar-refractivity contribution is 7.92. The molecule has 9 heteroatoms. The molecule has 8 nitrogen and oxygen atoms in total. The molecular weight excluding hydrogens is 296 g/mol. The molecule has 4 N–H and O–H groups in total. The number of methoxy groups -OCH3 is 1. The van der Waals surface area contributed by atoms with E-state index in [9.17, 15) is 13.2 Å². The van der Waals surface area contributed by atoms with E-state index < -0.39 is 16.0 Å². The molecule has 21 heavy (non-hydrogen) atoms. The zero-order valence-electron chi connectivity index (χ0n) is 11.4. The number of aromatic amines is 1. The van der Waals surface area contributed by atoms with Crippen molar-refractivity contribution in [2.24, 2.45) is 0 Å². The molecule has 1 heterocycles. The van der Waals surface area contributed by atoms with E-state index in [1.165, 1.54) is 25.3 Å². The molecule has 2 rings (SSSR count). The van der Waals surface area contributed by atoms with Crippen LogP contribution in [0.25, 0.3) is 0 Å². The fourth-order valence-electron chi connectivity index (χ4n) is 1.72. The summed E-state index contributed by atoms with van der Waals surface area (Å²) in [6.45, 7) is 1.67. The van der Waals surface area contributed by atoms with E-state index >= 15 is 0 Å². The first-order valence-electron chi connectivity index (χ1n) is 5.86. The highest BCUT2D eigenvalue weighted by Crippen LogP contribution is 2.22. The molecule has 0 radical (unpaired) electrons. The Kier molecular flexibility index (Phi) is 3.85. The summed E-state index contributed by atoms with van der Waals surface area (Å²) in [4.78, 5) is 11.3. The van der Waals surface area contributed by atoms with Crippen molar-refractivity contribution < 1.29 is 17.9 Å². The molecule has 0 atom stereocenters. The third-order valence-electron chi connectivity index (χ3n) is 2.81. The van der Waals surface area contributed by atoms with E-state index in [0.29, 0.717) is 16.8 Å². The number of H-pyrrole nitrogens is 1. The number of nitrogens with zero attached hydrogens (tertiary/aromatic N) is 1. The number of carbonyl (C=O) groups excluding carboxylic acids is 1. The van der Waals surface area contributed by atoms with E-state index in [4.69, 9.17) is 5.73 Å². The van der Waals surface area contributed by atoms with Crippen LogP contribution in [0.3, 0.4) is 0 Å². The van der Waals surface area contributed by atoms with E-state index in [2.05, 4.69) is 19.7 Å². The van der Waals surface area contributed by atoms with Gasteiger partial charge < -0.3 is 10.5 Å². The van der Waals surface area contributed by atoms with Crippen molar-refractivity contribution in [1.29, 1.82) is 0 Å². The smallest absolute Gasteiger partial charge is 0.337 e. The number of nitrogen functional groups attached to an aromatic ring is 1. The van der Waals surface area contributed by atoms with Gasteiger partial charge in [-0.15, -0.1) is 0 Å². The van der Waals surface area contributed by atoms with Crippen LogP contribution in [0.2, 0.25) is 0 Å². The molecule has 0 spiro atoms. The quantitative estimate of drug-likeness (QED) is 0.720. The summed E-state index contributed by atoms with van der Waals surface area (Å²) in [5.41, 5.74) is 6.74. The second-order valence-corrected chi connectivity index (χ2v) is 5.93. The number of hydrogen-bond acceptors (Lipinski definition) is 6. The van der Waals surface area contributed by atoms with Gasteiger partial charge in [-0.1, -0.05) is 0 Å². The van der Waals surface area contributed by atoms with Gasteiger partial charge in [0.05, 0.1) is 24.6 Å². The second kappa shape index (κ2) is 5.44. The summed E-state index contributed by atoms with van der Waals surface area (Å²) in [5.74, 6) is -0.544. The number of nitrogens with two attached hydrogens (primary N) is 1.